The second kappa shape index (κ2) is 11.5. The Morgan fingerprint density at radius 2 is 1.57 bits per heavy atom. The molecular weight excluding hydrogens is 458 g/mol. The van der Waals surface area contributed by atoms with Crippen molar-refractivity contribution in [1.82, 2.24) is 15.5 Å². The summed E-state index contributed by atoms with van der Waals surface area (Å²) in [6, 6.07) is 13.0. The highest BCUT2D eigenvalue weighted by atomic mass is 16.6. The topological polar surface area (TPSA) is 168 Å². The Balaban J connectivity index is 1.59. The molecule has 0 aliphatic carbocycles. The highest BCUT2D eigenvalue weighted by molar-refractivity contribution is 6.05. The lowest BCUT2D eigenvalue weighted by atomic mass is 10.1. The summed E-state index contributed by atoms with van der Waals surface area (Å²) in [7, 11) is 0. The molecule has 2 aromatic carbocycles. The standard InChI is InChI=1S/C23H23N5O7/c29-19(25-16-6-8-17(9-7-16)28(34)35)13-24-23(33)18(12-15-4-2-1-3-5-15)26-20(30)14-27-21(31)10-11-22(27)32/h1-9,18H,10-14H2,(H,24,33)(H,25,29)(H,26,30). The van der Waals surface area contributed by atoms with Crippen LogP contribution < -0.4 is 16.0 Å². The summed E-state index contributed by atoms with van der Waals surface area (Å²) in [5.41, 5.74) is 0.925. The predicted octanol–water partition coefficient (Wildman–Crippen LogP) is 0.526. The number of carbonyl (C=O) groups is 5. The number of nitrogens with zero attached hydrogens (tertiary/aromatic N) is 2. The fraction of sp³-hybridized carbons (Fsp3) is 0.261. The van der Waals surface area contributed by atoms with Crippen LogP contribution in [0.1, 0.15) is 18.4 Å². The van der Waals surface area contributed by atoms with E-state index < -0.39 is 53.6 Å². The third-order valence-electron chi connectivity index (χ3n) is 5.18. The van der Waals surface area contributed by atoms with Crippen LogP contribution in [0.4, 0.5) is 11.4 Å². The number of carbonyl (C=O) groups excluding carboxylic acids is 5. The van der Waals surface area contributed by atoms with Gasteiger partial charge in [0.2, 0.25) is 29.5 Å². The molecule has 2 aromatic rings. The molecule has 12 heteroatoms. The van der Waals surface area contributed by atoms with E-state index in [-0.39, 0.29) is 24.9 Å². The van der Waals surface area contributed by atoms with E-state index >= 15 is 0 Å². The molecule has 0 saturated carbocycles. The first-order valence-electron chi connectivity index (χ1n) is 10.7. The minimum Gasteiger partial charge on any atom is -0.345 e. The molecular formula is C23H23N5O7. The van der Waals surface area contributed by atoms with Gasteiger partial charge in [-0.3, -0.25) is 39.0 Å². The zero-order chi connectivity index (χ0) is 25.4. The largest absolute Gasteiger partial charge is 0.345 e. The Morgan fingerprint density at radius 3 is 2.17 bits per heavy atom. The molecule has 1 unspecified atom stereocenters. The Bertz CT molecular complexity index is 1120. The highest BCUT2D eigenvalue weighted by Crippen LogP contribution is 2.15. The number of likely N-dealkylation sites (tertiary alicyclic amines) is 1. The van der Waals surface area contributed by atoms with Gasteiger partial charge in [0.1, 0.15) is 12.6 Å². The number of nitrogens with one attached hydrogen (secondary N) is 3. The van der Waals surface area contributed by atoms with Crippen LogP contribution in [-0.2, 0) is 30.4 Å². The monoisotopic (exact) mass is 481 g/mol. The number of rotatable bonds is 10. The second-order valence-corrected chi connectivity index (χ2v) is 7.75. The normalized spacial score (nSPS) is 13.8. The van der Waals surface area contributed by atoms with Crippen molar-refractivity contribution in [3.05, 3.63) is 70.3 Å². The number of nitro benzene ring substituents is 1. The molecule has 0 bridgehead atoms. The van der Waals surface area contributed by atoms with Crippen LogP contribution in [0, 0.1) is 10.1 Å². The van der Waals surface area contributed by atoms with Crippen LogP contribution >= 0.6 is 0 Å². The van der Waals surface area contributed by atoms with Crippen LogP contribution in [0.15, 0.2) is 54.6 Å². The fourth-order valence-corrected chi connectivity index (χ4v) is 3.40. The summed E-state index contributed by atoms with van der Waals surface area (Å²) >= 11 is 0. The second-order valence-electron chi connectivity index (χ2n) is 7.75. The number of nitro groups is 1. The van der Waals surface area contributed by atoms with Gasteiger partial charge in [-0.25, -0.2) is 0 Å². The lowest BCUT2D eigenvalue weighted by molar-refractivity contribution is -0.384. The number of non-ortho nitro benzene ring substituents is 1. The van der Waals surface area contributed by atoms with E-state index in [9.17, 15) is 34.1 Å². The van der Waals surface area contributed by atoms with Crippen LogP contribution in [0.2, 0.25) is 0 Å². The molecule has 1 atom stereocenters. The van der Waals surface area contributed by atoms with Gasteiger partial charge in [0.15, 0.2) is 0 Å². The minimum atomic E-state index is -1.06. The molecule has 1 aliphatic heterocycles. The number of amides is 5. The molecule has 3 rings (SSSR count). The number of hydrogen-bond acceptors (Lipinski definition) is 7. The molecule has 0 radical (unpaired) electrons. The van der Waals surface area contributed by atoms with Crippen LogP contribution in [0.25, 0.3) is 0 Å². The van der Waals surface area contributed by atoms with Gasteiger partial charge in [-0.1, -0.05) is 30.3 Å². The van der Waals surface area contributed by atoms with Crippen molar-refractivity contribution in [1.29, 1.82) is 0 Å². The average Bonchev–Trinajstić information content (AvgIpc) is 3.15. The lowest BCUT2D eigenvalue weighted by Gasteiger charge is -2.20. The molecule has 182 valence electrons. The molecule has 5 amide bonds. The molecule has 0 aromatic heterocycles. The molecule has 12 nitrogen and oxygen atoms in total. The van der Waals surface area contributed by atoms with Crippen molar-refractivity contribution in [2.24, 2.45) is 0 Å². The molecule has 3 N–H and O–H groups in total. The van der Waals surface area contributed by atoms with Gasteiger partial charge in [0.25, 0.3) is 5.69 Å². The summed E-state index contributed by atoms with van der Waals surface area (Å²) < 4.78 is 0. The SMILES string of the molecule is O=C(CNC(=O)C(Cc1ccccc1)NC(=O)CN1C(=O)CCC1=O)Nc1ccc([N+](=O)[O-])cc1. The lowest BCUT2D eigenvalue weighted by Crippen LogP contribution is -2.52. The quantitative estimate of drug-likeness (QED) is 0.253. The summed E-state index contributed by atoms with van der Waals surface area (Å²) in [6.07, 6.45) is 0.206. The minimum absolute atomic E-state index is 0.0456. The van der Waals surface area contributed by atoms with Crippen LogP contribution in [0.3, 0.4) is 0 Å². The number of benzene rings is 2. The molecule has 1 fully saturated rings. The van der Waals surface area contributed by atoms with Gasteiger partial charge in [-0.2, -0.15) is 0 Å². The maximum absolute atomic E-state index is 12.8. The molecule has 1 heterocycles. The summed E-state index contributed by atoms with van der Waals surface area (Å²) in [6.45, 7) is -0.906. The van der Waals surface area contributed by atoms with Gasteiger partial charge >= 0.3 is 0 Å². The summed E-state index contributed by atoms with van der Waals surface area (Å²) in [5, 5.41) is 18.2. The smallest absolute Gasteiger partial charge is 0.269 e. The van der Waals surface area contributed by atoms with E-state index in [2.05, 4.69) is 16.0 Å². The number of hydrogen-bond donors (Lipinski definition) is 3. The molecule has 0 spiro atoms. The van der Waals surface area contributed by atoms with Gasteiger partial charge < -0.3 is 16.0 Å². The Labute approximate surface area is 199 Å². The third-order valence-corrected chi connectivity index (χ3v) is 5.18. The van der Waals surface area contributed by atoms with Crippen molar-refractivity contribution in [3.8, 4) is 0 Å². The molecule has 1 saturated heterocycles. The number of imide groups is 1. The van der Waals surface area contributed by atoms with Crippen molar-refractivity contribution in [3.63, 3.8) is 0 Å². The van der Waals surface area contributed by atoms with E-state index in [1.54, 1.807) is 30.3 Å². The first-order valence-corrected chi connectivity index (χ1v) is 10.7. The highest BCUT2D eigenvalue weighted by Gasteiger charge is 2.31. The predicted molar refractivity (Wildman–Crippen MR) is 123 cm³/mol. The van der Waals surface area contributed by atoms with Crippen molar-refractivity contribution in [2.45, 2.75) is 25.3 Å². The Kier molecular flexibility index (Phi) is 8.22. The first-order chi connectivity index (χ1) is 16.7. The average molecular weight is 481 g/mol. The van der Waals surface area contributed by atoms with E-state index in [1.165, 1.54) is 24.3 Å². The molecule has 1 aliphatic rings. The van der Waals surface area contributed by atoms with E-state index in [4.69, 9.17) is 0 Å². The Hall–Kier alpha value is -4.61. The molecule has 35 heavy (non-hydrogen) atoms. The van der Waals surface area contributed by atoms with Gasteiger partial charge in [-0.15, -0.1) is 0 Å². The zero-order valence-corrected chi connectivity index (χ0v) is 18.6. The Morgan fingerprint density at radius 1 is 0.943 bits per heavy atom. The third kappa shape index (κ3) is 7.19. The zero-order valence-electron chi connectivity index (χ0n) is 18.6. The van der Waals surface area contributed by atoms with Gasteiger partial charge in [-0.05, 0) is 17.7 Å². The van der Waals surface area contributed by atoms with E-state index in [0.717, 1.165) is 10.5 Å². The van der Waals surface area contributed by atoms with Crippen LogP contribution in [-0.4, -0.2) is 58.5 Å². The summed E-state index contributed by atoms with van der Waals surface area (Å²) in [5.74, 6) is -2.79. The maximum Gasteiger partial charge on any atom is 0.269 e. The van der Waals surface area contributed by atoms with E-state index in [0.29, 0.717) is 5.69 Å². The number of anilines is 1. The van der Waals surface area contributed by atoms with Crippen molar-refractivity contribution >= 4 is 40.9 Å². The van der Waals surface area contributed by atoms with Crippen molar-refractivity contribution in [2.75, 3.05) is 18.4 Å². The first kappa shape index (κ1) is 25.0. The maximum atomic E-state index is 12.8. The van der Waals surface area contributed by atoms with E-state index in [1.807, 2.05) is 0 Å². The van der Waals surface area contributed by atoms with Crippen molar-refractivity contribution < 1.29 is 28.9 Å². The van der Waals surface area contributed by atoms with Crippen LogP contribution in [0.5, 0.6) is 0 Å². The van der Waals surface area contributed by atoms with Gasteiger partial charge in [0, 0.05) is 37.1 Å². The fourth-order valence-electron chi connectivity index (χ4n) is 3.40. The summed E-state index contributed by atoms with van der Waals surface area (Å²) in [4.78, 5) is 72.1. The van der Waals surface area contributed by atoms with Gasteiger partial charge in [0.05, 0.1) is 11.5 Å².